The summed E-state index contributed by atoms with van der Waals surface area (Å²) in [4.78, 5) is 6.72. The number of benzene rings is 1. The average molecular weight is 546 g/mol. The maximum absolute atomic E-state index is 6.88. The Bertz CT molecular complexity index is 363. The van der Waals surface area contributed by atoms with Crippen LogP contribution in [0.2, 0.25) is 0 Å². The first-order valence-electron chi connectivity index (χ1n) is 3.62. The summed E-state index contributed by atoms with van der Waals surface area (Å²) >= 11 is 0. The van der Waals surface area contributed by atoms with E-state index in [0.29, 0.717) is 5.69 Å². The van der Waals surface area contributed by atoms with Gasteiger partial charge in [-0.2, -0.15) is 0 Å². The van der Waals surface area contributed by atoms with Gasteiger partial charge < -0.3 is 4.85 Å². The normalized spacial score (nSPS) is 9.64. The molecule has 0 saturated carbocycles. The van der Waals surface area contributed by atoms with E-state index in [9.17, 15) is 0 Å². The molecule has 0 amide bonds. The second-order valence-electron chi connectivity index (χ2n) is 2.48. The van der Waals surface area contributed by atoms with Gasteiger partial charge in [0.15, 0.2) is 5.69 Å². The fourth-order valence-electron chi connectivity index (χ4n) is 1.01. The monoisotopic (exact) mass is 546 g/mol. The summed E-state index contributed by atoms with van der Waals surface area (Å²) in [5.74, 6) is 0. The molecule has 4 heteroatoms. The smallest absolute Gasteiger partial charge is 0.237 e. The molecule has 1 rings (SSSR count). The van der Waals surface area contributed by atoms with Crippen molar-refractivity contribution in [3.63, 3.8) is 0 Å². The molecule has 78 valence electrons. The molecule has 1 aromatic rings. The Hall–Kier alpha value is -0.423. The molecule has 0 bridgehead atoms. The van der Waals surface area contributed by atoms with E-state index in [4.69, 9.17) is 13.1 Å². The van der Waals surface area contributed by atoms with Crippen LogP contribution < -0.4 is 0 Å². The molecule has 1 atom stereocenters. The standard InChI is InChI=1S/C10H8N2.2Pt/c1-8(11-2)9-6-4-5-7-10(9)12-3;;/h4-8H,1H3;;. The van der Waals surface area contributed by atoms with Crippen LogP contribution in [0.4, 0.5) is 5.69 Å². The first kappa shape index (κ1) is 16.0. The van der Waals surface area contributed by atoms with Crippen LogP contribution in [0.15, 0.2) is 24.3 Å². The van der Waals surface area contributed by atoms with Gasteiger partial charge in [-0.1, -0.05) is 24.3 Å². The number of rotatable bonds is 1. The summed E-state index contributed by atoms with van der Waals surface area (Å²) in [5, 5.41) is 0. The average Bonchev–Trinajstić information content (AvgIpc) is 2.16. The largest absolute Gasteiger partial charge is 0.310 e. The molecule has 0 aromatic heterocycles. The fourth-order valence-corrected chi connectivity index (χ4v) is 1.01. The van der Waals surface area contributed by atoms with E-state index in [-0.39, 0.29) is 48.2 Å². The number of hydrogen-bond acceptors (Lipinski definition) is 0. The Labute approximate surface area is 113 Å². The second-order valence-corrected chi connectivity index (χ2v) is 2.48. The van der Waals surface area contributed by atoms with Crippen molar-refractivity contribution in [2.45, 2.75) is 13.0 Å². The van der Waals surface area contributed by atoms with Crippen molar-refractivity contribution in [2.24, 2.45) is 0 Å². The van der Waals surface area contributed by atoms with Crippen molar-refractivity contribution in [2.75, 3.05) is 0 Å². The molecule has 2 nitrogen and oxygen atoms in total. The molecule has 0 aliphatic heterocycles. The molecule has 0 spiro atoms. The molecule has 0 aliphatic rings. The molecule has 0 heterocycles. The Kier molecular flexibility index (Phi) is 9.08. The van der Waals surface area contributed by atoms with Crippen LogP contribution in [0.3, 0.4) is 0 Å². The van der Waals surface area contributed by atoms with Crippen LogP contribution in [0.1, 0.15) is 18.5 Å². The minimum absolute atomic E-state index is 0. The summed E-state index contributed by atoms with van der Waals surface area (Å²) in [6, 6.07) is 7.02. The quantitative estimate of drug-likeness (QED) is 0.479. The van der Waals surface area contributed by atoms with Gasteiger partial charge in [-0.15, -0.1) is 0 Å². The van der Waals surface area contributed by atoms with Crippen LogP contribution in [0, 0.1) is 13.1 Å². The van der Waals surface area contributed by atoms with Gasteiger partial charge in [0.25, 0.3) is 0 Å². The van der Waals surface area contributed by atoms with Crippen molar-refractivity contribution in [3.8, 4) is 0 Å². The van der Waals surface area contributed by atoms with E-state index in [1.54, 1.807) is 13.0 Å². The molecular weight excluding hydrogens is 538 g/mol. The van der Waals surface area contributed by atoms with Crippen molar-refractivity contribution in [1.82, 2.24) is 0 Å². The maximum atomic E-state index is 6.88. The molecule has 0 radical (unpaired) electrons. The van der Waals surface area contributed by atoms with Gasteiger partial charge in [0, 0.05) is 54.6 Å². The first-order chi connectivity index (χ1) is 5.79. The third-order valence-corrected chi connectivity index (χ3v) is 1.70. The van der Waals surface area contributed by atoms with E-state index in [0.717, 1.165) is 5.56 Å². The summed E-state index contributed by atoms with van der Waals surface area (Å²) in [6.07, 6.45) is 0. The molecule has 1 aromatic carbocycles. The zero-order chi connectivity index (χ0) is 8.97. The van der Waals surface area contributed by atoms with Gasteiger partial charge in [0.05, 0.1) is 6.57 Å². The molecule has 14 heavy (non-hydrogen) atoms. The molecule has 0 N–H and O–H groups in total. The summed E-state index contributed by atoms with van der Waals surface area (Å²) in [5.41, 5.74) is 1.41. The summed E-state index contributed by atoms with van der Waals surface area (Å²) in [7, 11) is 0. The third kappa shape index (κ3) is 3.75. The molecule has 0 fully saturated rings. The van der Waals surface area contributed by atoms with E-state index < -0.39 is 0 Å². The molecule has 1 unspecified atom stereocenters. The zero-order valence-electron chi connectivity index (χ0n) is 7.41. The number of para-hydroxylation sites is 1. The summed E-state index contributed by atoms with van der Waals surface area (Å²) < 4.78 is 0. The maximum Gasteiger partial charge on any atom is 0.237 e. The van der Waals surface area contributed by atoms with Crippen LogP contribution in [0.25, 0.3) is 9.69 Å². The van der Waals surface area contributed by atoms with Gasteiger partial charge in [0.2, 0.25) is 6.04 Å². The van der Waals surface area contributed by atoms with Crippen molar-refractivity contribution in [3.05, 3.63) is 52.7 Å². The zero-order valence-corrected chi connectivity index (χ0v) is 12.0. The first-order valence-corrected chi connectivity index (χ1v) is 3.62. The predicted octanol–water partition coefficient (Wildman–Crippen LogP) is 3.21. The Morgan fingerprint density at radius 3 is 2.21 bits per heavy atom. The molecule has 0 aliphatic carbocycles. The third-order valence-electron chi connectivity index (χ3n) is 1.70. The van der Waals surface area contributed by atoms with E-state index in [1.807, 2.05) is 18.2 Å². The van der Waals surface area contributed by atoms with Crippen molar-refractivity contribution >= 4 is 5.69 Å². The Morgan fingerprint density at radius 2 is 1.71 bits per heavy atom. The van der Waals surface area contributed by atoms with Crippen LogP contribution in [0.5, 0.6) is 0 Å². The van der Waals surface area contributed by atoms with Gasteiger partial charge in [0.1, 0.15) is 0 Å². The summed E-state index contributed by atoms with van der Waals surface area (Å²) in [6.45, 7) is 15.5. The van der Waals surface area contributed by atoms with Gasteiger partial charge in [-0.25, -0.2) is 11.4 Å². The number of hydrogen-bond donors (Lipinski definition) is 0. The minimum atomic E-state index is -0.213. The van der Waals surface area contributed by atoms with Crippen LogP contribution in [-0.4, -0.2) is 0 Å². The van der Waals surface area contributed by atoms with E-state index in [2.05, 4.69) is 9.69 Å². The predicted molar refractivity (Wildman–Crippen MR) is 47.7 cm³/mol. The minimum Gasteiger partial charge on any atom is -0.310 e. The molecule has 0 saturated heterocycles. The van der Waals surface area contributed by atoms with Crippen molar-refractivity contribution in [1.29, 1.82) is 0 Å². The van der Waals surface area contributed by atoms with Gasteiger partial charge in [-0.3, -0.25) is 0 Å². The number of nitrogens with zero attached hydrogens (tertiary/aromatic N) is 2. The van der Waals surface area contributed by atoms with Gasteiger partial charge >= 0.3 is 0 Å². The van der Waals surface area contributed by atoms with E-state index in [1.165, 1.54) is 0 Å². The van der Waals surface area contributed by atoms with Gasteiger partial charge in [-0.05, 0) is 0 Å². The SMILES string of the molecule is [C-]#[N+]c1ccccc1C(C)[N+]#[C-].[Pt].[Pt]. The topological polar surface area (TPSA) is 8.72 Å². The van der Waals surface area contributed by atoms with Crippen LogP contribution in [-0.2, 0) is 42.1 Å². The Balaban J connectivity index is 0. The molecular formula is C10H8N2Pt2. The Morgan fingerprint density at radius 1 is 1.14 bits per heavy atom. The second kappa shape index (κ2) is 7.93. The van der Waals surface area contributed by atoms with E-state index >= 15 is 0 Å². The fraction of sp³-hybridized carbons (Fsp3) is 0.200. The van der Waals surface area contributed by atoms with Crippen LogP contribution >= 0.6 is 0 Å². The van der Waals surface area contributed by atoms with Crippen molar-refractivity contribution < 1.29 is 42.1 Å².